The Morgan fingerprint density at radius 2 is 1.87 bits per heavy atom. The van der Waals surface area contributed by atoms with Crippen LogP contribution in [0.5, 0.6) is 0 Å². The number of nitrogens with one attached hydrogen (secondary N) is 1. The van der Waals surface area contributed by atoms with E-state index in [1.807, 2.05) is 30.3 Å². The largest absolute Gasteiger partial charge is 0.478 e. The molecule has 0 saturated heterocycles. The summed E-state index contributed by atoms with van der Waals surface area (Å²) in [5.74, 6) is -0.996. The van der Waals surface area contributed by atoms with Crippen LogP contribution in [0.2, 0.25) is 0 Å². The van der Waals surface area contributed by atoms with Gasteiger partial charge in [0.15, 0.2) is 5.11 Å². The van der Waals surface area contributed by atoms with Gasteiger partial charge >= 0.3 is 5.97 Å². The number of hydrogen-bond acceptors (Lipinski definition) is 3. The first-order chi connectivity index (χ1) is 11.0. The molecule has 6 heteroatoms. The second kappa shape index (κ2) is 6.02. The molecule has 4 N–H and O–H groups in total. The Morgan fingerprint density at radius 1 is 1.13 bits per heavy atom. The van der Waals surface area contributed by atoms with Crippen molar-refractivity contribution in [3.63, 3.8) is 0 Å². The summed E-state index contributed by atoms with van der Waals surface area (Å²) in [6, 6.07) is 16.2. The Balaban J connectivity index is 2.23. The lowest BCUT2D eigenvalue weighted by Crippen LogP contribution is -2.18. The average Bonchev–Trinajstić information content (AvgIpc) is 2.53. The SMILES string of the molecule is NC(=S)Nc1ccc2c(C(=O)O)cc(-c3ccccc3)nc2c1. The second-order valence-electron chi connectivity index (χ2n) is 4.95. The number of rotatable bonds is 3. The van der Waals surface area contributed by atoms with Crippen molar-refractivity contribution in [2.45, 2.75) is 0 Å². The van der Waals surface area contributed by atoms with Crippen LogP contribution in [0.15, 0.2) is 54.6 Å². The van der Waals surface area contributed by atoms with Crippen molar-refractivity contribution in [3.8, 4) is 11.3 Å². The van der Waals surface area contributed by atoms with Crippen molar-refractivity contribution >= 4 is 39.9 Å². The van der Waals surface area contributed by atoms with Gasteiger partial charge in [-0.05, 0) is 36.5 Å². The molecule has 0 aliphatic rings. The summed E-state index contributed by atoms with van der Waals surface area (Å²) in [4.78, 5) is 16.1. The van der Waals surface area contributed by atoms with Gasteiger partial charge in [-0.3, -0.25) is 0 Å². The summed E-state index contributed by atoms with van der Waals surface area (Å²) >= 11 is 4.82. The van der Waals surface area contributed by atoms with Gasteiger partial charge in [0.05, 0.1) is 16.8 Å². The molecule has 3 rings (SSSR count). The number of fused-ring (bicyclic) bond motifs is 1. The first-order valence-corrected chi connectivity index (χ1v) is 7.25. The van der Waals surface area contributed by atoms with E-state index in [4.69, 9.17) is 18.0 Å². The van der Waals surface area contributed by atoms with E-state index in [0.717, 1.165) is 5.56 Å². The zero-order chi connectivity index (χ0) is 16.4. The maximum Gasteiger partial charge on any atom is 0.336 e. The van der Waals surface area contributed by atoms with Gasteiger partial charge in [-0.15, -0.1) is 0 Å². The van der Waals surface area contributed by atoms with Crippen LogP contribution in [0.1, 0.15) is 10.4 Å². The van der Waals surface area contributed by atoms with Gasteiger partial charge in [-0.1, -0.05) is 30.3 Å². The van der Waals surface area contributed by atoms with Crippen LogP contribution < -0.4 is 11.1 Å². The summed E-state index contributed by atoms with van der Waals surface area (Å²) in [5, 5.41) is 13.0. The van der Waals surface area contributed by atoms with Gasteiger partial charge in [0, 0.05) is 16.6 Å². The molecule has 0 atom stereocenters. The fourth-order valence-corrected chi connectivity index (χ4v) is 2.50. The standard InChI is InChI=1S/C17H13N3O2S/c18-17(23)19-11-6-7-12-13(16(21)22)9-14(20-15(12)8-11)10-4-2-1-3-5-10/h1-9H,(H,21,22)(H3,18,19,23). The molecule has 0 radical (unpaired) electrons. The van der Waals surface area contributed by atoms with Crippen molar-refractivity contribution in [1.82, 2.24) is 4.98 Å². The van der Waals surface area contributed by atoms with Crippen LogP contribution in [0.25, 0.3) is 22.2 Å². The van der Waals surface area contributed by atoms with Gasteiger partial charge in [0.2, 0.25) is 0 Å². The quantitative estimate of drug-likeness (QED) is 0.641. The number of benzene rings is 2. The fraction of sp³-hybridized carbons (Fsp3) is 0. The molecule has 1 aromatic heterocycles. The summed E-state index contributed by atoms with van der Waals surface area (Å²) < 4.78 is 0. The molecule has 0 amide bonds. The van der Waals surface area contributed by atoms with E-state index in [1.165, 1.54) is 0 Å². The predicted octanol–water partition coefficient (Wildman–Crippen LogP) is 3.26. The van der Waals surface area contributed by atoms with E-state index in [9.17, 15) is 9.90 Å². The Labute approximate surface area is 137 Å². The molecular weight excluding hydrogens is 310 g/mol. The third kappa shape index (κ3) is 3.12. The van der Waals surface area contributed by atoms with Gasteiger partial charge in [0.1, 0.15) is 0 Å². The van der Waals surface area contributed by atoms with E-state index >= 15 is 0 Å². The molecule has 0 aliphatic heterocycles. The lowest BCUT2D eigenvalue weighted by atomic mass is 10.0. The van der Waals surface area contributed by atoms with Gasteiger partial charge in [-0.25, -0.2) is 9.78 Å². The highest BCUT2D eigenvalue weighted by Crippen LogP contribution is 2.26. The number of nitrogens with zero attached hydrogens (tertiary/aromatic N) is 1. The minimum atomic E-state index is -0.996. The smallest absolute Gasteiger partial charge is 0.336 e. The zero-order valence-corrected chi connectivity index (χ0v) is 12.8. The maximum absolute atomic E-state index is 11.6. The molecule has 0 aliphatic carbocycles. The highest BCUT2D eigenvalue weighted by molar-refractivity contribution is 7.80. The van der Waals surface area contributed by atoms with E-state index in [0.29, 0.717) is 22.3 Å². The molecule has 23 heavy (non-hydrogen) atoms. The van der Waals surface area contributed by atoms with Crippen LogP contribution in [0.3, 0.4) is 0 Å². The second-order valence-corrected chi connectivity index (χ2v) is 5.39. The molecule has 3 aromatic rings. The van der Waals surface area contributed by atoms with Gasteiger partial charge in [0.25, 0.3) is 0 Å². The van der Waals surface area contributed by atoms with E-state index in [2.05, 4.69) is 10.3 Å². The van der Waals surface area contributed by atoms with Crippen molar-refractivity contribution in [2.75, 3.05) is 5.32 Å². The van der Waals surface area contributed by atoms with E-state index in [1.54, 1.807) is 24.3 Å². The number of carboxylic acid groups (broad SMARTS) is 1. The Kier molecular flexibility index (Phi) is 3.91. The molecule has 0 unspecified atom stereocenters. The molecule has 114 valence electrons. The van der Waals surface area contributed by atoms with E-state index in [-0.39, 0.29) is 10.7 Å². The summed E-state index contributed by atoms with van der Waals surface area (Å²) in [6.45, 7) is 0. The number of aromatic nitrogens is 1. The molecule has 0 bridgehead atoms. The predicted molar refractivity (Wildman–Crippen MR) is 94.5 cm³/mol. The van der Waals surface area contributed by atoms with Crippen LogP contribution in [0.4, 0.5) is 5.69 Å². The third-order valence-electron chi connectivity index (χ3n) is 3.38. The number of thiocarbonyl (C=S) groups is 1. The minimum absolute atomic E-state index is 0.141. The minimum Gasteiger partial charge on any atom is -0.478 e. The summed E-state index contributed by atoms with van der Waals surface area (Å²) in [5.41, 5.74) is 8.36. The highest BCUT2D eigenvalue weighted by Gasteiger charge is 2.13. The van der Waals surface area contributed by atoms with Gasteiger partial charge < -0.3 is 16.2 Å². The number of pyridine rings is 1. The fourth-order valence-electron chi connectivity index (χ4n) is 2.38. The van der Waals surface area contributed by atoms with Crippen LogP contribution in [-0.2, 0) is 0 Å². The van der Waals surface area contributed by atoms with Crippen molar-refractivity contribution < 1.29 is 9.90 Å². The summed E-state index contributed by atoms with van der Waals surface area (Å²) in [6.07, 6.45) is 0. The lowest BCUT2D eigenvalue weighted by Gasteiger charge is -2.09. The number of hydrogen-bond donors (Lipinski definition) is 3. The Bertz CT molecular complexity index is 910. The molecule has 2 aromatic carbocycles. The topological polar surface area (TPSA) is 88.2 Å². The highest BCUT2D eigenvalue weighted by atomic mass is 32.1. The van der Waals surface area contributed by atoms with Crippen molar-refractivity contribution in [2.24, 2.45) is 5.73 Å². The zero-order valence-electron chi connectivity index (χ0n) is 12.0. The first kappa shape index (κ1) is 14.9. The van der Waals surface area contributed by atoms with Crippen LogP contribution in [0, 0.1) is 0 Å². The van der Waals surface area contributed by atoms with Crippen molar-refractivity contribution in [3.05, 3.63) is 60.2 Å². The lowest BCUT2D eigenvalue weighted by molar-refractivity contribution is 0.0699. The first-order valence-electron chi connectivity index (χ1n) is 6.84. The van der Waals surface area contributed by atoms with Gasteiger partial charge in [-0.2, -0.15) is 0 Å². The van der Waals surface area contributed by atoms with Crippen LogP contribution in [-0.4, -0.2) is 21.2 Å². The molecule has 0 saturated carbocycles. The molecule has 0 fully saturated rings. The van der Waals surface area contributed by atoms with Crippen molar-refractivity contribution in [1.29, 1.82) is 0 Å². The Hall–Kier alpha value is -2.99. The number of anilines is 1. The Morgan fingerprint density at radius 3 is 2.52 bits per heavy atom. The number of carbonyl (C=O) groups is 1. The number of nitrogens with two attached hydrogens (primary N) is 1. The van der Waals surface area contributed by atoms with Crippen LogP contribution >= 0.6 is 12.2 Å². The van der Waals surface area contributed by atoms with E-state index < -0.39 is 5.97 Å². The normalized spacial score (nSPS) is 10.4. The monoisotopic (exact) mass is 323 g/mol. The average molecular weight is 323 g/mol. The molecule has 1 heterocycles. The number of aromatic carboxylic acids is 1. The summed E-state index contributed by atoms with van der Waals surface area (Å²) in [7, 11) is 0. The molecular formula is C17H13N3O2S. The third-order valence-corrected chi connectivity index (χ3v) is 3.48. The number of carboxylic acids is 1. The maximum atomic E-state index is 11.6. The molecule has 5 nitrogen and oxygen atoms in total. The molecule has 0 spiro atoms.